The van der Waals surface area contributed by atoms with Gasteiger partial charge in [-0.25, -0.2) is 4.98 Å². The number of nitrogens with one attached hydrogen (secondary N) is 1. The van der Waals surface area contributed by atoms with Crippen LogP contribution in [0.5, 0.6) is 0 Å². The van der Waals surface area contributed by atoms with E-state index in [4.69, 9.17) is 0 Å². The van der Waals surface area contributed by atoms with Crippen LogP contribution in [0.2, 0.25) is 0 Å². The van der Waals surface area contributed by atoms with E-state index in [9.17, 15) is 4.79 Å². The summed E-state index contributed by atoms with van der Waals surface area (Å²) in [6.07, 6.45) is 3.81. The van der Waals surface area contributed by atoms with Crippen LogP contribution in [0.4, 0.5) is 0 Å². The van der Waals surface area contributed by atoms with Crippen LogP contribution in [0.3, 0.4) is 0 Å². The maximum absolute atomic E-state index is 11.3. The number of hydrogen-bond donors (Lipinski definition) is 1. The minimum absolute atomic E-state index is 0.0333. The zero-order valence-corrected chi connectivity index (χ0v) is 15.6. The highest BCUT2D eigenvalue weighted by atomic mass is 32.1. The Hall–Kier alpha value is -1.73. The van der Waals surface area contributed by atoms with E-state index in [0.717, 1.165) is 25.3 Å². The summed E-state index contributed by atoms with van der Waals surface area (Å²) in [6.45, 7) is 9.41. The summed E-state index contributed by atoms with van der Waals surface area (Å²) in [4.78, 5) is 19.4. The first-order valence-electron chi connectivity index (χ1n) is 8.30. The lowest BCUT2D eigenvalue weighted by Crippen LogP contribution is -2.31. The molecule has 130 valence electrons. The fraction of sp³-hybridized carbons (Fsp3) is 0.588. The predicted octanol–water partition coefficient (Wildman–Crippen LogP) is 1.85. The molecule has 0 radical (unpaired) electrons. The summed E-state index contributed by atoms with van der Waals surface area (Å²) in [6, 6.07) is 0. The van der Waals surface area contributed by atoms with Crippen molar-refractivity contribution < 1.29 is 4.79 Å². The second-order valence-electron chi connectivity index (χ2n) is 6.73. The zero-order valence-electron chi connectivity index (χ0n) is 14.7. The molecule has 2 atom stereocenters. The van der Waals surface area contributed by atoms with E-state index >= 15 is 0 Å². The molecule has 0 aromatic carbocycles. The number of rotatable bonds is 5. The van der Waals surface area contributed by atoms with Crippen LogP contribution < -0.4 is 5.32 Å². The van der Waals surface area contributed by atoms with E-state index in [1.165, 1.54) is 16.1 Å². The average Bonchev–Trinajstić information content (AvgIpc) is 3.20. The van der Waals surface area contributed by atoms with E-state index in [0.29, 0.717) is 18.4 Å². The van der Waals surface area contributed by atoms with Crippen LogP contribution in [-0.2, 0) is 18.4 Å². The number of hydrogen-bond acceptors (Lipinski definition) is 5. The van der Waals surface area contributed by atoms with Gasteiger partial charge in [0.05, 0.1) is 12.0 Å². The summed E-state index contributed by atoms with van der Waals surface area (Å²) in [7, 11) is 2.04. The molecule has 1 saturated heterocycles. The standard InChI is InChI=1S/C17H25N5OS/c1-11-15(12(2)24-20-11)8-22-7-14(5-19-13(3)23)16(9-22)17-6-18-10-21(17)4/h6,10,14,16H,5,7-9H2,1-4H3,(H,19,23)/t14-,16-/m1/s1. The second kappa shape index (κ2) is 7.03. The molecule has 3 heterocycles. The minimum Gasteiger partial charge on any atom is -0.356 e. The molecule has 1 fully saturated rings. The van der Waals surface area contributed by atoms with Gasteiger partial charge in [-0.3, -0.25) is 9.69 Å². The smallest absolute Gasteiger partial charge is 0.216 e. The first kappa shape index (κ1) is 17.1. The summed E-state index contributed by atoms with van der Waals surface area (Å²) in [5, 5.41) is 3.00. The van der Waals surface area contributed by atoms with Crippen molar-refractivity contribution in [3.8, 4) is 0 Å². The Morgan fingerprint density at radius 3 is 2.79 bits per heavy atom. The number of aromatic nitrogens is 3. The lowest BCUT2D eigenvalue weighted by Gasteiger charge is -2.18. The van der Waals surface area contributed by atoms with Gasteiger partial charge in [0.1, 0.15) is 0 Å². The van der Waals surface area contributed by atoms with Crippen molar-refractivity contribution in [2.45, 2.75) is 33.2 Å². The highest BCUT2D eigenvalue weighted by Crippen LogP contribution is 2.33. The van der Waals surface area contributed by atoms with Crippen LogP contribution in [0.25, 0.3) is 0 Å². The molecule has 0 spiro atoms. The Kier molecular flexibility index (Phi) is 5.01. The third-order valence-electron chi connectivity index (χ3n) is 4.93. The summed E-state index contributed by atoms with van der Waals surface area (Å²) in [5.41, 5.74) is 3.73. The van der Waals surface area contributed by atoms with E-state index in [2.05, 4.69) is 38.0 Å². The van der Waals surface area contributed by atoms with Crippen LogP contribution >= 0.6 is 11.5 Å². The molecule has 24 heavy (non-hydrogen) atoms. The Bertz CT molecular complexity index is 703. The van der Waals surface area contributed by atoms with Crippen molar-refractivity contribution in [3.63, 3.8) is 0 Å². The third kappa shape index (κ3) is 3.52. The summed E-state index contributed by atoms with van der Waals surface area (Å²) >= 11 is 1.58. The lowest BCUT2D eigenvalue weighted by molar-refractivity contribution is -0.119. The highest BCUT2D eigenvalue weighted by molar-refractivity contribution is 7.05. The second-order valence-corrected chi connectivity index (χ2v) is 7.71. The maximum Gasteiger partial charge on any atom is 0.216 e. The van der Waals surface area contributed by atoms with Gasteiger partial charge in [0.2, 0.25) is 5.91 Å². The average molecular weight is 347 g/mol. The molecule has 2 aromatic heterocycles. The number of carbonyl (C=O) groups is 1. The molecular weight excluding hydrogens is 322 g/mol. The molecule has 0 bridgehead atoms. The van der Waals surface area contributed by atoms with Gasteiger partial charge < -0.3 is 9.88 Å². The molecule has 1 aliphatic rings. The first-order valence-corrected chi connectivity index (χ1v) is 9.07. The quantitative estimate of drug-likeness (QED) is 0.896. The molecular formula is C17H25N5OS. The Balaban J connectivity index is 1.77. The van der Waals surface area contributed by atoms with Crippen LogP contribution in [-0.4, -0.2) is 44.4 Å². The van der Waals surface area contributed by atoms with E-state index in [-0.39, 0.29) is 5.91 Å². The number of nitrogens with zero attached hydrogens (tertiary/aromatic N) is 4. The Morgan fingerprint density at radius 1 is 1.42 bits per heavy atom. The third-order valence-corrected chi connectivity index (χ3v) is 5.81. The largest absolute Gasteiger partial charge is 0.356 e. The van der Waals surface area contributed by atoms with Crippen LogP contribution in [0.15, 0.2) is 12.5 Å². The first-order chi connectivity index (χ1) is 11.5. The van der Waals surface area contributed by atoms with Crippen molar-refractivity contribution in [1.29, 1.82) is 0 Å². The van der Waals surface area contributed by atoms with Crippen molar-refractivity contribution >= 4 is 17.4 Å². The number of imidazole rings is 1. The Labute approximate surface area is 147 Å². The summed E-state index contributed by atoms with van der Waals surface area (Å²) < 4.78 is 6.56. The normalized spacial score (nSPS) is 21.3. The number of aryl methyl sites for hydroxylation is 3. The van der Waals surface area contributed by atoms with Gasteiger partial charge in [0, 0.05) is 68.4 Å². The molecule has 0 aliphatic carbocycles. The lowest BCUT2D eigenvalue weighted by atomic mass is 9.93. The zero-order chi connectivity index (χ0) is 17.3. The monoisotopic (exact) mass is 347 g/mol. The van der Waals surface area contributed by atoms with E-state index < -0.39 is 0 Å². The van der Waals surface area contributed by atoms with Gasteiger partial charge in [0.15, 0.2) is 0 Å². The topological polar surface area (TPSA) is 63.1 Å². The van der Waals surface area contributed by atoms with E-state index in [1.807, 2.05) is 19.6 Å². The van der Waals surface area contributed by atoms with Gasteiger partial charge in [-0.05, 0) is 31.3 Å². The predicted molar refractivity (Wildman–Crippen MR) is 95.0 cm³/mol. The van der Waals surface area contributed by atoms with Gasteiger partial charge in [0.25, 0.3) is 0 Å². The minimum atomic E-state index is 0.0333. The van der Waals surface area contributed by atoms with Gasteiger partial charge in [-0.15, -0.1) is 0 Å². The molecule has 1 aliphatic heterocycles. The molecule has 3 rings (SSSR count). The van der Waals surface area contributed by atoms with Crippen molar-refractivity contribution in [1.82, 2.24) is 24.1 Å². The molecule has 2 aromatic rings. The highest BCUT2D eigenvalue weighted by Gasteiger charge is 2.35. The summed E-state index contributed by atoms with van der Waals surface area (Å²) in [5.74, 6) is 0.819. The molecule has 6 nitrogen and oxygen atoms in total. The maximum atomic E-state index is 11.3. The number of likely N-dealkylation sites (tertiary alicyclic amines) is 1. The molecule has 0 saturated carbocycles. The molecule has 1 amide bonds. The van der Waals surface area contributed by atoms with Crippen molar-refractivity contribution in [2.75, 3.05) is 19.6 Å². The Morgan fingerprint density at radius 2 is 2.21 bits per heavy atom. The number of amides is 1. The fourth-order valence-electron chi connectivity index (χ4n) is 3.58. The van der Waals surface area contributed by atoms with E-state index in [1.54, 1.807) is 18.5 Å². The number of carbonyl (C=O) groups excluding carboxylic acids is 1. The van der Waals surface area contributed by atoms with Gasteiger partial charge in [-0.1, -0.05) is 0 Å². The SMILES string of the molecule is CC(=O)NC[C@@H]1CN(Cc2c(C)nsc2C)C[C@H]1c1cncn1C. The van der Waals surface area contributed by atoms with Crippen molar-refractivity contribution in [2.24, 2.45) is 13.0 Å². The fourth-order valence-corrected chi connectivity index (χ4v) is 4.29. The molecule has 1 N–H and O–H groups in total. The molecule has 7 heteroatoms. The van der Waals surface area contributed by atoms with Crippen LogP contribution in [0, 0.1) is 19.8 Å². The van der Waals surface area contributed by atoms with Gasteiger partial charge >= 0.3 is 0 Å². The van der Waals surface area contributed by atoms with Crippen molar-refractivity contribution in [3.05, 3.63) is 34.4 Å². The molecule has 0 unspecified atom stereocenters. The van der Waals surface area contributed by atoms with Crippen LogP contribution in [0.1, 0.15) is 34.7 Å². The van der Waals surface area contributed by atoms with Gasteiger partial charge in [-0.2, -0.15) is 4.37 Å².